The fourth-order valence-corrected chi connectivity index (χ4v) is 2.74. The SMILES string of the molecule is CNC(=O)NCC(=O)N1CCN(C2CCOCC2)CC1. The molecule has 2 aliphatic heterocycles. The number of rotatable bonds is 3. The van der Waals surface area contributed by atoms with Gasteiger partial charge in [0.2, 0.25) is 5.91 Å². The minimum atomic E-state index is -0.320. The van der Waals surface area contributed by atoms with E-state index in [0.29, 0.717) is 6.04 Å². The summed E-state index contributed by atoms with van der Waals surface area (Å²) in [4.78, 5) is 27.3. The average molecular weight is 284 g/mol. The Morgan fingerprint density at radius 2 is 1.80 bits per heavy atom. The molecule has 3 amide bonds. The quantitative estimate of drug-likeness (QED) is 0.714. The van der Waals surface area contributed by atoms with Crippen LogP contribution in [0.15, 0.2) is 0 Å². The predicted molar refractivity (Wildman–Crippen MR) is 74.5 cm³/mol. The third kappa shape index (κ3) is 4.08. The van der Waals surface area contributed by atoms with Crippen molar-refractivity contribution in [3.8, 4) is 0 Å². The number of ether oxygens (including phenoxy) is 1. The van der Waals surface area contributed by atoms with Gasteiger partial charge in [-0.1, -0.05) is 0 Å². The lowest BCUT2D eigenvalue weighted by atomic mass is 10.1. The van der Waals surface area contributed by atoms with E-state index in [2.05, 4.69) is 15.5 Å². The summed E-state index contributed by atoms with van der Waals surface area (Å²) < 4.78 is 5.38. The van der Waals surface area contributed by atoms with E-state index in [4.69, 9.17) is 4.74 Å². The lowest BCUT2D eigenvalue weighted by molar-refractivity contribution is -0.132. The molecule has 2 rings (SSSR count). The summed E-state index contributed by atoms with van der Waals surface area (Å²) in [5, 5.41) is 4.97. The number of carbonyl (C=O) groups is 2. The molecule has 0 bridgehead atoms. The molecule has 2 aliphatic rings. The zero-order valence-electron chi connectivity index (χ0n) is 12.1. The molecule has 2 heterocycles. The van der Waals surface area contributed by atoms with Crippen molar-refractivity contribution in [2.24, 2.45) is 0 Å². The topological polar surface area (TPSA) is 73.9 Å². The Morgan fingerprint density at radius 1 is 1.15 bits per heavy atom. The molecular weight excluding hydrogens is 260 g/mol. The molecule has 0 aliphatic carbocycles. The van der Waals surface area contributed by atoms with Gasteiger partial charge in [0.25, 0.3) is 0 Å². The Hall–Kier alpha value is -1.34. The first-order valence-electron chi connectivity index (χ1n) is 7.26. The molecule has 0 spiro atoms. The maximum absolute atomic E-state index is 11.9. The van der Waals surface area contributed by atoms with Gasteiger partial charge in [0.15, 0.2) is 0 Å². The maximum atomic E-state index is 11.9. The number of piperazine rings is 1. The Labute approximate surface area is 119 Å². The highest BCUT2D eigenvalue weighted by molar-refractivity contribution is 5.83. The molecular formula is C13H24N4O3. The number of hydrogen-bond acceptors (Lipinski definition) is 4. The molecule has 0 saturated carbocycles. The standard InChI is InChI=1S/C13H24N4O3/c1-14-13(19)15-10-12(18)17-6-4-16(5-7-17)11-2-8-20-9-3-11/h11H,2-10H2,1H3,(H2,14,15,19). The van der Waals surface area contributed by atoms with Crippen molar-refractivity contribution in [2.45, 2.75) is 18.9 Å². The van der Waals surface area contributed by atoms with E-state index in [1.807, 2.05) is 4.90 Å². The number of nitrogens with zero attached hydrogens (tertiary/aromatic N) is 2. The molecule has 20 heavy (non-hydrogen) atoms. The predicted octanol–water partition coefficient (Wildman–Crippen LogP) is -0.761. The van der Waals surface area contributed by atoms with Crippen LogP contribution in [0.1, 0.15) is 12.8 Å². The van der Waals surface area contributed by atoms with Gasteiger partial charge in [0.1, 0.15) is 0 Å². The monoisotopic (exact) mass is 284 g/mol. The molecule has 2 fully saturated rings. The summed E-state index contributed by atoms with van der Waals surface area (Å²) in [5.41, 5.74) is 0. The highest BCUT2D eigenvalue weighted by atomic mass is 16.5. The van der Waals surface area contributed by atoms with Crippen molar-refractivity contribution >= 4 is 11.9 Å². The highest BCUT2D eigenvalue weighted by Crippen LogP contribution is 2.16. The first kappa shape index (κ1) is 15.1. The Morgan fingerprint density at radius 3 is 2.40 bits per heavy atom. The fraction of sp³-hybridized carbons (Fsp3) is 0.846. The first-order chi connectivity index (χ1) is 9.70. The molecule has 114 valence electrons. The largest absolute Gasteiger partial charge is 0.381 e. The third-order valence-corrected chi connectivity index (χ3v) is 4.00. The number of carbonyl (C=O) groups excluding carboxylic acids is 2. The zero-order valence-corrected chi connectivity index (χ0v) is 12.1. The van der Waals surface area contributed by atoms with E-state index in [9.17, 15) is 9.59 Å². The molecule has 7 heteroatoms. The molecule has 0 unspecified atom stereocenters. The van der Waals surface area contributed by atoms with Crippen LogP contribution in [0.25, 0.3) is 0 Å². The smallest absolute Gasteiger partial charge is 0.314 e. The Kier molecular flexibility index (Phi) is 5.60. The van der Waals surface area contributed by atoms with E-state index < -0.39 is 0 Å². The maximum Gasteiger partial charge on any atom is 0.314 e. The van der Waals surface area contributed by atoms with Crippen molar-refractivity contribution in [1.82, 2.24) is 20.4 Å². The lowest BCUT2D eigenvalue weighted by Crippen LogP contribution is -2.54. The van der Waals surface area contributed by atoms with Gasteiger partial charge in [0, 0.05) is 52.5 Å². The van der Waals surface area contributed by atoms with Crippen molar-refractivity contribution in [2.75, 3.05) is 53.0 Å². The normalized spacial score (nSPS) is 21.6. The lowest BCUT2D eigenvalue weighted by Gasteiger charge is -2.40. The highest BCUT2D eigenvalue weighted by Gasteiger charge is 2.27. The molecule has 0 aromatic rings. The zero-order chi connectivity index (χ0) is 14.4. The Balaban J connectivity index is 1.70. The van der Waals surface area contributed by atoms with Gasteiger partial charge < -0.3 is 20.3 Å². The van der Waals surface area contributed by atoms with Crippen LogP contribution in [-0.2, 0) is 9.53 Å². The second-order valence-corrected chi connectivity index (χ2v) is 5.19. The van der Waals surface area contributed by atoms with Gasteiger partial charge in [0.05, 0.1) is 6.54 Å². The summed E-state index contributed by atoms with van der Waals surface area (Å²) >= 11 is 0. The summed E-state index contributed by atoms with van der Waals surface area (Å²) in [5.74, 6) is -0.0137. The van der Waals surface area contributed by atoms with Gasteiger partial charge in [-0.2, -0.15) is 0 Å². The van der Waals surface area contributed by atoms with Crippen LogP contribution >= 0.6 is 0 Å². The number of hydrogen-bond donors (Lipinski definition) is 2. The molecule has 2 N–H and O–H groups in total. The minimum absolute atomic E-state index is 0.0137. The van der Waals surface area contributed by atoms with E-state index in [0.717, 1.165) is 52.2 Å². The second kappa shape index (κ2) is 7.44. The number of nitrogens with one attached hydrogen (secondary N) is 2. The average Bonchev–Trinajstić information content (AvgIpc) is 2.53. The van der Waals surface area contributed by atoms with Gasteiger partial charge in [-0.15, -0.1) is 0 Å². The second-order valence-electron chi connectivity index (χ2n) is 5.19. The van der Waals surface area contributed by atoms with Crippen LogP contribution in [0.5, 0.6) is 0 Å². The van der Waals surface area contributed by atoms with Crippen molar-refractivity contribution in [3.05, 3.63) is 0 Å². The summed E-state index contributed by atoms with van der Waals surface area (Å²) in [6.07, 6.45) is 2.18. The molecule has 7 nitrogen and oxygen atoms in total. The van der Waals surface area contributed by atoms with Crippen LogP contribution in [0.2, 0.25) is 0 Å². The van der Waals surface area contributed by atoms with Crippen LogP contribution in [0, 0.1) is 0 Å². The van der Waals surface area contributed by atoms with Gasteiger partial charge in [-0.25, -0.2) is 4.79 Å². The van der Waals surface area contributed by atoms with Crippen LogP contribution in [0.3, 0.4) is 0 Å². The number of amides is 3. The summed E-state index contributed by atoms with van der Waals surface area (Å²) in [6, 6.07) is 0.282. The minimum Gasteiger partial charge on any atom is -0.381 e. The van der Waals surface area contributed by atoms with E-state index in [1.54, 1.807) is 0 Å². The van der Waals surface area contributed by atoms with E-state index >= 15 is 0 Å². The molecule has 0 aromatic heterocycles. The van der Waals surface area contributed by atoms with Gasteiger partial charge in [-0.3, -0.25) is 9.69 Å². The summed E-state index contributed by atoms with van der Waals surface area (Å²) in [6.45, 7) is 5.07. The van der Waals surface area contributed by atoms with E-state index in [1.165, 1.54) is 7.05 Å². The van der Waals surface area contributed by atoms with Crippen LogP contribution < -0.4 is 10.6 Å². The number of urea groups is 1. The van der Waals surface area contributed by atoms with Crippen molar-refractivity contribution in [1.29, 1.82) is 0 Å². The third-order valence-electron chi connectivity index (χ3n) is 4.00. The van der Waals surface area contributed by atoms with Crippen LogP contribution in [-0.4, -0.2) is 80.8 Å². The summed E-state index contributed by atoms with van der Waals surface area (Å²) in [7, 11) is 1.53. The van der Waals surface area contributed by atoms with Crippen molar-refractivity contribution < 1.29 is 14.3 Å². The van der Waals surface area contributed by atoms with Gasteiger partial charge >= 0.3 is 6.03 Å². The Bertz CT molecular complexity index is 337. The van der Waals surface area contributed by atoms with E-state index in [-0.39, 0.29) is 18.5 Å². The fourth-order valence-electron chi connectivity index (χ4n) is 2.74. The molecule has 0 atom stereocenters. The first-order valence-corrected chi connectivity index (χ1v) is 7.26. The molecule has 0 aromatic carbocycles. The van der Waals surface area contributed by atoms with Gasteiger partial charge in [-0.05, 0) is 12.8 Å². The molecule has 2 saturated heterocycles. The van der Waals surface area contributed by atoms with Crippen molar-refractivity contribution in [3.63, 3.8) is 0 Å². The molecule has 0 radical (unpaired) electrons. The van der Waals surface area contributed by atoms with Crippen LogP contribution in [0.4, 0.5) is 4.79 Å².